The quantitative estimate of drug-likeness (QED) is 0.689. The average molecular weight is 429 g/mol. The highest BCUT2D eigenvalue weighted by Gasteiger charge is 2.29. The summed E-state index contributed by atoms with van der Waals surface area (Å²) in [6.07, 6.45) is 1.03. The SMILES string of the molecule is Cc1nn(CC(C)C)c(C)c1CCC(=O)Nc1ccc(CN2C(=O)CSC2=O)cc1. The zero-order valence-electron chi connectivity index (χ0n) is 17.9. The maximum absolute atomic E-state index is 12.4. The smallest absolute Gasteiger partial charge is 0.289 e. The molecule has 1 fully saturated rings. The van der Waals surface area contributed by atoms with E-state index in [9.17, 15) is 14.4 Å². The third-order valence-electron chi connectivity index (χ3n) is 5.09. The second-order valence-corrected chi connectivity index (χ2v) is 8.93. The number of carbonyl (C=O) groups excluding carboxylic acids is 3. The fourth-order valence-electron chi connectivity index (χ4n) is 3.49. The van der Waals surface area contributed by atoms with Crippen molar-refractivity contribution in [1.82, 2.24) is 14.7 Å². The van der Waals surface area contributed by atoms with Crippen LogP contribution in [0.4, 0.5) is 10.5 Å². The number of imide groups is 1. The summed E-state index contributed by atoms with van der Waals surface area (Å²) in [5.41, 5.74) is 4.79. The molecule has 0 bridgehead atoms. The van der Waals surface area contributed by atoms with E-state index in [1.54, 1.807) is 12.1 Å². The molecule has 3 amide bonds. The monoisotopic (exact) mass is 428 g/mol. The van der Waals surface area contributed by atoms with E-state index in [0.717, 1.165) is 40.8 Å². The summed E-state index contributed by atoms with van der Waals surface area (Å²) in [6, 6.07) is 7.23. The zero-order valence-corrected chi connectivity index (χ0v) is 18.7. The van der Waals surface area contributed by atoms with Gasteiger partial charge in [-0.05, 0) is 49.4 Å². The molecular formula is C22H28N4O3S. The first-order valence-corrected chi connectivity index (χ1v) is 11.1. The Kier molecular flexibility index (Phi) is 6.97. The van der Waals surface area contributed by atoms with Gasteiger partial charge in [0.25, 0.3) is 5.24 Å². The Balaban J connectivity index is 1.53. The molecule has 30 heavy (non-hydrogen) atoms. The molecule has 0 spiro atoms. The fourth-order valence-corrected chi connectivity index (χ4v) is 4.22. The molecule has 1 aromatic heterocycles. The Bertz CT molecular complexity index is 934. The number of carbonyl (C=O) groups is 3. The molecule has 2 aromatic rings. The highest BCUT2D eigenvalue weighted by atomic mass is 32.2. The Morgan fingerprint density at radius 3 is 2.50 bits per heavy atom. The van der Waals surface area contributed by atoms with Gasteiger partial charge in [0.1, 0.15) is 0 Å². The van der Waals surface area contributed by atoms with Crippen molar-refractivity contribution in [2.24, 2.45) is 5.92 Å². The zero-order chi connectivity index (χ0) is 21.8. The number of anilines is 1. The Morgan fingerprint density at radius 1 is 1.20 bits per heavy atom. The van der Waals surface area contributed by atoms with E-state index in [1.165, 1.54) is 4.90 Å². The lowest BCUT2D eigenvalue weighted by Crippen LogP contribution is -2.27. The van der Waals surface area contributed by atoms with Gasteiger partial charge in [0.2, 0.25) is 11.8 Å². The molecule has 0 aliphatic carbocycles. The van der Waals surface area contributed by atoms with Gasteiger partial charge < -0.3 is 5.32 Å². The van der Waals surface area contributed by atoms with Crippen molar-refractivity contribution in [1.29, 1.82) is 0 Å². The molecular weight excluding hydrogens is 400 g/mol. The van der Waals surface area contributed by atoms with Crippen molar-refractivity contribution in [3.63, 3.8) is 0 Å². The molecule has 1 aliphatic heterocycles. The maximum atomic E-state index is 12.4. The van der Waals surface area contributed by atoms with E-state index in [1.807, 2.05) is 23.7 Å². The van der Waals surface area contributed by atoms with Gasteiger partial charge in [0.15, 0.2) is 0 Å². The van der Waals surface area contributed by atoms with E-state index in [4.69, 9.17) is 0 Å². The number of benzene rings is 1. The molecule has 1 aromatic carbocycles. The molecule has 0 unspecified atom stereocenters. The molecule has 8 heteroatoms. The van der Waals surface area contributed by atoms with Crippen LogP contribution in [0.25, 0.3) is 0 Å². The van der Waals surface area contributed by atoms with Crippen LogP contribution in [-0.2, 0) is 29.1 Å². The van der Waals surface area contributed by atoms with Crippen molar-refractivity contribution in [3.8, 4) is 0 Å². The van der Waals surface area contributed by atoms with Crippen molar-refractivity contribution >= 4 is 34.5 Å². The molecule has 1 N–H and O–H groups in total. The van der Waals surface area contributed by atoms with Gasteiger partial charge in [-0.2, -0.15) is 5.10 Å². The van der Waals surface area contributed by atoms with Crippen LogP contribution in [0.1, 0.15) is 42.8 Å². The number of nitrogens with one attached hydrogen (secondary N) is 1. The van der Waals surface area contributed by atoms with E-state index in [-0.39, 0.29) is 29.4 Å². The van der Waals surface area contributed by atoms with Crippen LogP contribution in [0.3, 0.4) is 0 Å². The molecule has 3 rings (SSSR count). The first-order valence-electron chi connectivity index (χ1n) is 10.1. The van der Waals surface area contributed by atoms with Gasteiger partial charge in [0, 0.05) is 24.3 Å². The van der Waals surface area contributed by atoms with Crippen LogP contribution < -0.4 is 5.32 Å². The van der Waals surface area contributed by atoms with Crippen LogP contribution in [0, 0.1) is 19.8 Å². The predicted octanol–water partition coefficient (Wildman–Crippen LogP) is 3.92. The minimum Gasteiger partial charge on any atom is -0.326 e. The lowest BCUT2D eigenvalue weighted by molar-refractivity contribution is -0.125. The van der Waals surface area contributed by atoms with E-state index >= 15 is 0 Å². The third kappa shape index (κ3) is 5.30. The average Bonchev–Trinajstić information content (AvgIpc) is 3.13. The Labute approximate surface area is 181 Å². The number of aromatic nitrogens is 2. The third-order valence-corrected chi connectivity index (χ3v) is 5.95. The maximum Gasteiger partial charge on any atom is 0.289 e. The highest BCUT2D eigenvalue weighted by molar-refractivity contribution is 8.14. The minimum atomic E-state index is -0.209. The topological polar surface area (TPSA) is 84.3 Å². The molecule has 1 aliphatic rings. The number of hydrogen-bond donors (Lipinski definition) is 1. The van der Waals surface area contributed by atoms with Crippen LogP contribution in [0.2, 0.25) is 0 Å². The van der Waals surface area contributed by atoms with Crippen molar-refractivity contribution < 1.29 is 14.4 Å². The van der Waals surface area contributed by atoms with Crippen LogP contribution in [0.5, 0.6) is 0 Å². The number of aryl methyl sites for hydroxylation is 1. The number of hydrogen-bond acceptors (Lipinski definition) is 5. The number of nitrogens with zero attached hydrogens (tertiary/aromatic N) is 3. The van der Waals surface area contributed by atoms with Crippen LogP contribution in [-0.4, -0.2) is 37.5 Å². The minimum absolute atomic E-state index is 0.0561. The van der Waals surface area contributed by atoms with Gasteiger partial charge in [-0.15, -0.1) is 0 Å². The highest BCUT2D eigenvalue weighted by Crippen LogP contribution is 2.22. The first-order chi connectivity index (χ1) is 14.2. The lowest BCUT2D eigenvalue weighted by atomic mass is 10.1. The summed E-state index contributed by atoms with van der Waals surface area (Å²) in [4.78, 5) is 37.1. The molecule has 7 nitrogen and oxygen atoms in total. The van der Waals surface area contributed by atoms with Crippen molar-refractivity contribution in [2.45, 2.75) is 53.6 Å². The van der Waals surface area contributed by atoms with E-state index in [0.29, 0.717) is 24.4 Å². The predicted molar refractivity (Wildman–Crippen MR) is 118 cm³/mol. The summed E-state index contributed by atoms with van der Waals surface area (Å²) in [7, 11) is 0. The number of rotatable bonds is 8. The Morgan fingerprint density at radius 2 is 1.90 bits per heavy atom. The van der Waals surface area contributed by atoms with Crippen molar-refractivity contribution in [3.05, 3.63) is 46.8 Å². The standard InChI is InChI=1S/C22H28N4O3S/c1-14(2)11-26-16(4)19(15(3)24-26)9-10-20(27)23-18-7-5-17(6-8-18)12-25-21(28)13-30-22(25)29/h5-8,14H,9-13H2,1-4H3,(H,23,27). The first kappa shape index (κ1) is 22.1. The molecule has 0 saturated carbocycles. The van der Waals surface area contributed by atoms with Gasteiger partial charge in [-0.1, -0.05) is 37.7 Å². The van der Waals surface area contributed by atoms with Gasteiger partial charge >= 0.3 is 0 Å². The molecule has 0 atom stereocenters. The van der Waals surface area contributed by atoms with Crippen LogP contribution in [0.15, 0.2) is 24.3 Å². The summed E-state index contributed by atoms with van der Waals surface area (Å²) in [5.74, 6) is 0.509. The van der Waals surface area contributed by atoms with Crippen LogP contribution >= 0.6 is 11.8 Å². The van der Waals surface area contributed by atoms with E-state index < -0.39 is 0 Å². The second kappa shape index (κ2) is 9.47. The summed E-state index contributed by atoms with van der Waals surface area (Å²) < 4.78 is 2.03. The number of thioether (sulfide) groups is 1. The summed E-state index contributed by atoms with van der Waals surface area (Å²) >= 11 is 1.03. The van der Waals surface area contributed by atoms with E-state index in [2.05, 4.69) is 31.2 Å². The summed E-state index contributed by atoms with van der Waals surface area (Å²) in [6.45, 7) is 9.51. The Hall–Kier alpha value is -2.61. The molecule has 1 saturated heterocycles. The largest absolute Gasteiger partial charge is 0.326 e. The summed E-state index contributed by atoms with van der Waals surface area (Å²) in [5, 5.41) is 7.31. The normalized spacial score (nSPS) is 14.1. The molecule has 2 heterocycles. The number of amides is 3. The van der Waals surface area contributed by atoms with Gasteiger partial charge in [-0.25, -0.2) is 0 Å². The molecule has 0 radical (unpaired) electrons. The van der Waals surface area contributed by atoms with Crippen molar-refractivity contribution in [2.75, 3.05) is 11.1 Å². The lowest BCUT2D eigenvalue weighted by Gasteiger charge is -2.13. The van der Waals surface area contributed by atoms with Gasteiger partial charge in [-0.3, -0.25) is 24.0 Å². The second-order valence-electron chi connectivity index (χ2n) is 8.00. The molecule has 160 valence electrons. The van der Waals surface area contributed by atoms with Gasteiger partial charge in [0.05, 0.1) is 18.0 Å². The fraction of sp³-hybridized carbons (Fsp3) is 0.455.